The van der Waals surface area contributed by atoms with E-state index in [0.29, 0.717) is 52.3 Å². The maximum atomic E-state index is 13.3. The molecule has 1 aliphatic heterocycles. The van der Waals surface area contributed by atoms with Crippen LogP contribution in [-0.4, -0.2) is 72.7 Å². The van der Waals surface area contributed by atoms with Gasteiger partial charge >= 0.3 is 0 Å². The minimum atomic E-state index is -3.53. The highest BCUT2D eigenvalue weighted by molar-refractivity contribution is 7.92. The summed E-state index contributed by atoms with van der Waals surface area (Å²) in [5, 5.41) is 4.89. The highest BCUT2D eigenvalue weighted by atomic mass is 35.5. The van der Waals surface area contributed by atoms with E-state index in [1.807, 2.05) is 26.0 Å². The number of fused-ring (bicyclic) bond motifs is 1. The Morgan fingerprint density at radius 3 is 2.64 bits per heavy atom. The molecule has 3 aliphatic rings. The first-order valence-corrected chi connectivity index (χ1v) is 15.6. The molecule has 1 aromatic heterocycles. The van der Waals surface area contributed by atoms with E-state index in [0.717, 1.165) is 25.2 Å². The Morgan fingerprint density at radius 1 is 1.21 bits per heavy atom. The smallest absolute Gasteiger partial charge is 0.256 e. The molecule has 4 rings (SSSR count). The summed E-state index contributed by atoms with van der Waals surface area (Å²) >= 11 is 6.18. The van der Waals surface area contributed by atoms with Gasteiger partial charge < -0.3 is 20.5 Å². The van der Waals surface area contributed by atoms with Crippen LogP contribution in [0.4, 0.5) is 0 Å². The third kappa shape index (κ3) is 6.48. The van der Waals surface area contributed by atoms with Crippen LogP contribution >= 0.6 is 11.6 Å². The monoisotopic (exact) mass is 572 g/mol. The molecule has 2 unspecified atom stereocenters. The first-order chi connectivity index (χ1) is 18.5. The molecule has 1 saturated heterocycles. The second-order valence-electron chi connectivity index (χ2n) is 10.1. The topological polar surface area (TPSA) is 111 Å². The number of rotatable bonds is 10. The fourth-order valence-electron chi connectivity index (χ4n) is 5.25. The standard InChI is InChI=1S/C29H37ClN4O4S/c1-5-34(6-2)13-12-31-29(36)27-18(3)26(32-19(27)4)16-24-23-15-22(10-11-25(23)33-28(24)35)39(37,38)17-20-8-7-9-21(30)14-20/h7-8,11,14-16,21-22,32H,5-6,9-10,12-13,17H2,1-4H3,(H,31,36)(H,33,35)/b24-16-. The zero-order valence-corrected chi connectivity index (χ0v) is 24.5. The van der Waals surface area contributed by atoms with Crippen LogP contribution in [0.3, 0.4) is 0 Å². The molecule has 2 amide bonds. The SMILES string of the molecule is CCN(CC)CCNC(=O)c1c(C)[nH]c(/C=C2\C(=O)NC3=CCC(S(=O)(=O)CC4=CC(Cl)CC=C4)C=C32)c1C. The maximum absolute atomic E-state index is 13.3. The minimum Gasteiger partial charge on any atom is -0.358 e. The van der Waals surface area contributed by atoms with Crippen molar-refractivity contribution in [1.82, 2.24) is 20.5 Å². The predicted octanol–water partition coefficient (Wildman–Crippen LogP) is 3.71. The van der Waals surface area contributed by atoms with Gasteiger partial charge in [-0.3, -0.25) is 9.59 Å². The van der Waals surface area contributed by atoms with Gasteiger partial charge in [-0.25, -0.2) is 8.42 Å². The molecule has 8 nitrogen and oxygen atoms in total. The normalized spacial score (nSPS) is 21.9. The lowest BCUT2D eigenvalue weighted by molar-refractivity contribution is -0.115. The van der Waals surface area contributed by atoms with Crippen LogP contribution in [-0.2, 0) is 14.6 Å². The first kappa shape index (κ1) is 29.1. The van der Waals surface area contributed by atoms with Crippen LogP contribution in [0.1, 0.15) is 54.0 Å². The Hall–Kier alpha value is -2.88. The lowest BCUT2D eigenvalue weighted by Crippen LogP contribution is -2.35. The molecule has 1 fully saturated rings. The van der Waals surface area contributed by atoms with Crippen LogP contribution in [0.2, 0.25) is 0 Å². The summed E-state index contributed by atoms with van der Waals surface area (Å²) in [6.07, 6.45) is 11.6. The zero-order valence-electron chi connectivity index (χ0n) is 22.9. The Bertz CT molecular complexity index is 1410. The van der Waals surface area contributed by atoms with E-state index in [1.165, 1.54) is 0 Å². The van der Waals surface area contributed by atoms with Crippen molar-refractivity contribution in [2.45, 2.75) is 51.2 Å². The first-order valence-electron chi connectivity index (χ1n) is 13.4. The van der Waals surface area contributed by atoms with Gasteiger partial charge in [0.25, 0.3) is 11.8 Å². The minimum absolute atomic E-state index is 0.105. The number of hydrogen-bond acceptors (Lipinski definition) is 5. The van der Waals surface area contributed by atoms with E-state index >= 15 is 0 Å². The van der Waals surface area contributed by atoms with E-state index in [2.05, 4.69) is 34.4 Å². The van der Waals surface area contributed by atoms with Crippen molar-refractivity contribution in [2.24, 2.45) is 0 Å². The highest BCUT2D eigenvalue weighted by Gasteiger charge is 2.35. The number of halogens is 1. The summed E-state index contributed by atoms with van der Waals surface area (Å²) in [4.78, 5) is 31.4. The summed E-state index contributed by atoms with van der Waals surface area (Å²) in [5.41, 5.74) is 4.88. The molecule has 2 aliphatic carbocycles. The van der Waals surface area contributed by atoms with Gasteiger partial charge in [0.05, 0.1) is 27.5 Å². The van der Waals surface area contributed by atoms with Crippen molar-refractivity contribution in [1.29, 1.82) is 0 Å². The number of amides is 2. The van der Waals surface area contributed by atoms with Gasteiger partial charge in [-0.05, 0) is 57.0 Å². The number of hydrogen-bond donors (Lipinski definition) is 3. The molecule has 10 heteroatoms. The molecule has 0 saturated carbocycles. The van der Waals surface area contributed by atoms with E-state index < -0.39 is 15.1 Å². The average molecular weight is 573 g/mol. The number of carbonyl (C=O) groups excluding carboxylic acids is 2. The van der Waals surface area contributed by atoms with Gasteiger partial charge in [0.15, 0.2) is 9.84 Å². The molecule has 210 valence electrons. The summed E-state index contributed by atoms with van der Waals surface area (Å²) in [6.45, 7) is 11.0. The molecule has 2 atom stereocenters. The second-order valence-corrected chi connectivity index (χ2v) is 12.9. The molecular weight excluding hydrogens is 536 g/mol. The fraction of sp³-hybridized carbons (Fsp3) is 0.448. The van der Waals surface area contributed by atoms with Crippen LogP contribution in [0.15, 0.2) is 52.8 Å². The van der Waals surface area contributed by atoms with Gasteiger partial charge in [-0.15, -0.1) is 11.6 Å². The number of aryl methyl sites for hydroxylation is 1. The maximum Gasteiger partial charge on any atom is 0.256 e. The van der Waals surface area contributed by atoms with Crippen molar-refractivity contribution < 1.29 is 18.0 Å². The van der Waals surface area contributed by atoms with Crippen LogP contribution < -0.4 is 10.6 Å². The quantitative estimate of drug-likeness (QED) is 0.292. The summed E-state index contributed by atoms with van der Waals surface area (Å²) in [6, 6.07) is 0. The average Bonchev–Trinajstić information content (AvgIpc) is 3.35. The lowest BCUT2D eigenvalue weighted by atomic mass is 9.98. The third-order valence-electron chi connectivity index (χ3n) is 7.50. The molecule has 0 radical (unpaired) electrons. The molecule has 0 spiro atoms. The van der Waals surface area contributed by atoms with E-state index in [-0.39, 0.29) is 29.4 Å². The molecular formula is C29H37ClN4O4S. The van der Waals surface area contributed by atoms with E-state index in [4.69, 9.17) is 11.6 Å². The van der Waals surface area contributed by atoms with Crippen molar-refractivity contribution >= 4 is 39.3 Å². The number of sulfone groups is 1. The number of allylic oxidation sites excluding steroid dienone is 5. The Balaban J connectivity index is 1.56. The Kier molecular flexibility index (Phi) is 9.03. The predicted molar refractivity (Wildman–Crippen MR) is 156 cm³/mol. The Labute approximate surface area is 235 Å². The molecule has 2 heterocycles. The molecule has 1 aromatic rings. The highest BCUT2D eigenvalue weighted by Crippen LogP contribution is 2.34. The van der Waals surface area contributed by atoms with Crippen molar-refractivity contribution in [2.75, 3.05) is 31.9 Å². The number of carbonyl (C=O) groups is 2. The van der Waals surface area contributed by atoms with Gasteiger partial charge in [0, 0.05) is 35.7 Å². The molecule has 39 heavy (non-hydrogen) atoms. The zero-order chi connectivity index (χ0) is 28.3. The summed E-state index contributed by atoms with van der Waals surface area (Å²) in [7, 11) is -3.53. The Morgan fingerprint density at radius 2 is 1.95 bits per heavy atom. The van der Waals surface area contributed by atoms with Crippen molar-refractivity contribution in [3.63, 3.8) is 0 Å². The van der Waals surface area contributed by atoms with Crippen LogP contribution in [0.25, 0.3) is 6.08 Å². The van der Waals surface area contributed by atoms with Crippen LogP contribution in [0.5, 0.6) is 0 Å². The fourth-order valence-corrected chi connectivity index (χ4v) is 7.12. The number of aromatic amines is 1. The number of likely N-dealkylation sites (N-methyl/N-ethyl adjacent to an activating group) is 1. The van der Waals surface area contributed by atoms with Gasteiger partial charge in [0.1, 0.15) is 0 Å². The molecule has 3 N–H and O–H groups in total. The van der Waals surface area contributed by atoms with E-state index in [1.54, 1.807) is 24.3 Å². The summed E-state index contributed by atoms with van der Waals surface area (Å²) < 4.78 is 26.5. The van der Waals surface area contributed by atoms with Crippen molar-refractivity contribution in [3.8, 4) is 0 Å². The second kappa shape index (κ2) is 12.1. The van der Waals surface area contributed by atoms with Crippen LogP contribution in [0, 0.1) is 13.8 Å². The molecule has 0 aromatic carbocycles. The summed E-state index contributed by atoms with van der Waals surface area (Å²) in [5.74, 6) is -0.569. The number of H-pyrrole nitrogens is 1. The number of alkyl halides is 1. The largest absolute Gasteiger partial charge is 0.358 e. The van der Waals surface area contributed by atoms with Gasteiger partial charge in [-0.2, -0.15) is 0 Å². The van der Waals surface area contributed by atoms with Gasteiger partial charge in [0.2, 0.25) is 0 Å². The van der Waals surface area contributed by atoms with E-state index in [9.17, 15) is 18.0 Å². The lowest BCUT2D eigenvalue weighted by Gasteiger charge is -2.19. The number of nitrogens with zero attached hydrogens (tertiary/aromatic N) is 1. The number of nitrogens with one attached hydrogen (secondary N) is 3. The molecule has 0 bridgehead atoms. The van der Waals surface area contributed by atoms with Crippen molar-refractivity contribution in [3.05, 3.63) is 75.3 Å². The van der Waals surface area contributed by atoms with Gasteiger partial charge in [-0.1, -0.05) is 44.2 Å². The number of aromatic nitrogens is 1. The third-order valence-corrected chi connectivity index (χ3v) is 9.79.